The van der Waals surface area contributed by atoms with Crippen molar-refractivity contribution in [2.75, 3.05) is 58.3 Å². The number of aryl methyl sites for hydroxylation is 1. The average molecular weight is 489 g/mol. The van der Waals surface area contributed by atoms with E-state index in [0.29, 0.717) is 62.0 Å². The predicted octanol–water partition coefficient (Wildman–Crippen LogP) is 0.823. The average Bonchev–Trinajstić information content (AvgIpc) is 3.51. The van der Waals surface area contributed by atoms with Crippen LogP contribution in [0.1, 0.15) is 53.0 Å². The maximum Gasteiger partial charge on any atom is 0.254 e. The van der Waals surface area contributed by atoms with Crippen molar-refractivity contribution in [3.63, 3.8) is 0 Å². The summed E-state index contributed by atoms with van der Waals surface area (Å²) in [5.41, 5.74) is 2.83. The van der Waals surface area contributed by atoms with Crippen molar-refractivity contribution in [3.05, 3.63) is 23.0 Å². The smallest absolute Gasteiger partial charge is 0.254 e. The molecule has 2 amide bonds. The summed E-state index contributed by atoms with van der Waals surface area (Å²) in [4.78, 5) is 36.1. The van der Waals surface area contributed by atoms with Gasteiger partial charge in [0.25, 0.3) is 5.91 Å². The summed E-state index contributed by atoms with van der Waals surface area (Å²) in [6, 6.07) is 1.68. The first kappa shape index (κ1) is 23.2. The predicted molar refractivity (Wildman–Crippen MR) is 128 cm³/mol. The molecule has 34 heavy (non-hydrogen) atoms. The fourth-order valence-corrected chi connectivity index (χ4v) is 6.62. The molecule has 184 valence electrons. The van der Waals surface area contributed by atoms with Crippen LogP contribution in [-0.4, -0.2) is 108 Å². The standard InChI is InChI=1S/C23H32N6O4S/c1-15-21-18(23(31)28-9-7-27(8-10-28)13-20(30)26(2)3)12-19(16-4-5-16)24-22(21)29(25-15)17-6-11-34(32,33)14-17/h12,16-17H,4-11,13-14H2,1-3H3/t17-/m0/s1. The van der Waals surface area contributed by atoms with E-state index in [1.807, 2.05) is 17.9 Å². The lowest BCUT2D eigenvalue weighted by Gasteiger charge is -2.35. The second kappa shape index (κ2) is 8.60. The molecule has 1 aliphatic carbocycles. The van der Waals surface area contributed by atoms with Crippen LogP contribution in [-0.2, 0) is 14.6 Å². The van der Waals surface area contributed by atoms with E-state index in [2.05, 4.69) is 10.00 Å². The van der Waals surface area contributed by atoms with E-state index >= 15 is 0 Å². The summed E-state index contributed by atoms with van der Waals surface area (Å²) >= 11 is 0. The monoisotopic (exact) mass is 488 g/mol. The highest BCUT2D eigenvalue weighted by molar-refractivity contribution is 7.91. The van der Waals surface area contributed by atoms with Crippen molar-refractivity contribution < 1.29 is 18.0 Å². The summed E-state index contributed by atoms with van der Waals surface area (Å²) in [6.45, 7) is 4.62. The van der Waals surface area contributed by atoms with Crippen molar-refractivity contribution in [2.45, 2.75) is 38.1 Å². The third kappa shape index (κ3) is 4.43. The topological polar surface area (TPSA) is 109 Å². The van der Waals surface area contributed by atoms with Crippen LogP contribution in [0.5, 0.6) is 0 Å². The molecule has 11 heteroatoms. The fraction of sp³-hybridized carbons (Fsp3) is 0.652. The lowest BCUT2D eigenvalue weighted by Crippen LogP contribution is -2.51. The number of nitrogens with zero attached hydrogens (tertiary/aromatic N) is 6. The molecular weight excluding hydrogens is 456 g/mol. The van der Waals surface area contributed by atoms with Crippen molar-refractivity contribution in [2.24, 2.45) is 0 Å². The van der Waals surface area contributed by atoms with Gasteiger partial charge in [-0.05, 0) is 32.3 Å². The molecule has 0 aromatic carbocycles. The molecule has 10 nitrogen and oxygen atoms in total. The number of sulfone groups is 1. The van der Waals surface area contributed by atoms with Crippen LogP contribution in [0.25, 0.3) is 11.0 Å². The largest absolute Gasteiger partial charge is 0.348 e. The first-order chi connectivity index (χ1) is 16.1. The zero-order valence-corrected chi connectivity index (χ0v) is 20.8. The molecule has 0 unspecified atom stereocenters. The molecule has 0 radical (unpaired) electrons. The van der Waals surface area contributed by atoms with Crippen LogP contribution in [0, 0.1) is 6.92 Å². The number of likely N-dealkylation sites (N-methyl/N-ethyl adjacent to an activating group) is 1. The summed E-state index contributed by atoms with van der Waals surface area (Å²) in [6.07, 6.45) is 2.62. The highest BCUT2D eigenvalue weighted by atomic mass is 32.2. The molecule has 0 spiro atoms. The van der Waals surface area contributed by atoms with Gasteiger partial charge in [0, 0.05) is 51.9 Å². The first-order valence-corrected chi connectivity index (χ1v) is 13.8. The summed E-state index contributed by atoms with van der Waals surface area (Å²) in [5.74, 6) is 0.583. The van der Waals surface area contributed by atoms with Gasteiger partial charge in [-0.3, -0.25) is 14.5 Å². The molecule has 3 aliphatic rings. The Morgan fingerprint density at radius 3 is 2.41 bits per heavy atom. The quantitative estimate of drug-likeness (QED) is 0.613. The van der Waals surface area contributed by atoms with Gasteiger partial charge in [0.2, 0.25) is 5.91 Å². The van der Waals surface area contributed by atoms with Gasteiger partial charge in [-0.2, -0.15) is 5.10 Å². The molecular formula is C23H32N6O4S. The van der Waals surface area contributed by atoms with Crippen LogP contribution in [0.3, 0.4) is 0 Å². The summed E-state index contributed by atoms with van der Waals surface area (Å²) in [5, 5.41) is 5.40. The second-order valence-corrected chi connectivity index (χ2v) is 12.2. The molecule has 3 fully saturated rings. The molecule has 5 rings (SSSR count). The van der Waals surface area contributed by atoms with E-state index < -0.39 is 9.84 Å². The highest BCUT2D eigenvalue weighted by Crippen LogP contribution is 2.41. The zero-order chi connectivity index (χ0) is 24.2. The Morgan fingerprint density at radius 1 is 1.12 bits per heavy atom. The molecule has 1 saturated carbocycles. The second-order valence-electron chi connectivity index (χ2n) is 10.0. The SMILES string of the molecule is Cc1nn([C@H]2CCS(=O)(=O)C2)c2nc(C3CC3)cc(C(=O)N3CCN(CC(=O)N(C)C)CC3)c12. The maximum atomic E-state index is 13.7. The van der Waals surface area contributed by atoms with Gasteiger partial charge in [-0.15, -0.1) is 0 Å². The molecule has 0 bridgehead atoms. The first-order valence-electron chi connectivity index (χ1n) is 11.9. The maximum absolute atomic E-state index is 13.7. The van der Waals surface area contributed by atoms with Crippen molar-refractivity contribution in [1.29, 1.82) is 0 Å². The van der Waals surface area contributed by atoms with E-state index in [1.165, 1.54) is 0 Å². The number of aromatic nitrogens is 3. The van der Waals surface area contributed by atoms with Gasteiger partial charge in [-0.25, -0.2) is 18.1 Å². The molecule has 0 N–H and O–H groups in total. The van der Waals surface area contributed by atoms with Crippen molar-refractivity contribution >= 4 is 32.7 Å². The lowest BCUT2D eigenvalue weighted by atomic mass is 10.1. The summed E-state index contributed by atoms with van der Waals surface area (Å²) in [7, 11) is 0.420. The lowest BCUT2D eigenvalue weighted by molar-refractivity contribution is -0.130. The minimum absolute atomic E-state index is 0.0467. The van der Waals surface area contributed by atoms with E-state index in [-0.39, 0.29) is 29.4 Å². The Kier molecular flexibility index (Phi) is 5.87. The molecule has 2 aromatic rings. The number of rotatable bonds is 5. The third-order valence-electron chi connectivity index (χ3n) is 7.15. The van der Waals surface area contributed by atoms with Gasteiger partial charge < -0.3 is 9.80 Å². The van der Waals surface area contributed by atoms with E-state index in [9.17, 15) is 18.0 Å². The Morgan fingerprint density at radius 2 is 1.82 bits per heavy atom. The number of pyridine rings is 1. The van der Waals surface area contributed by atoms with Gasteiger partial charge in [0.1, 0.15) is 0 Å². The Bertz CT molecular complexity index is 1240. The molecule has 2 aliphatic heterocycles. The van der Waals surface area contributed by atoms with Gasteiger partial charge >= 0.3 is 0 Å². The van der Waals surface area contributed by atoms with Gasteiger partial charge in [0.05, 0.1) is 40.7 Å². The fourth-order valence-electron chi connectivity index (χ4n) is 4.92. The highest BCUT2D eigenvalue weighted by Gasteiger charge is 2.35. The normalized spacial score (nSPS) is 22.9. The van der Waals surface area contributed by atoms with E-state index in [4.69, 9.17) is 4.98 Å². The molecule has 4 heterocycles. The van der Waals surface area contributed by atoms with E-state index in [1.54, 1.807) is 23.7 Å². The molecule has 2 saturated heterocycles. The van der Waals surface area contributed by atoms with Crippen molar-refractivity contribution in [1.82, 2.24) is 29.5 Å². The number of fused-ring (bicyclic) bond motifs is 1. The van der Waals surface area contributed by atoms with Crippen LogP contribution in [0.4, 0.5) is 0 Å². The van der Waals surface area contributed by atoms with E-state index in [0.717, 1.165) is 23.9 Å². The number of hydrogen-bond donors (Lipinski definition) is 0. The van der Waals surface area contributed by atoms with Crippen molar-refractivity contribution in [3.8, 4) is 0 Å². The van der Waals surface area contributed by atoms with Gasteiger partial charge in [-0.1, -0.05) is 0 Å². The van der Waals surface area contributed by atoms with Gasteiger partial charge in [0.15, 0.2) is 15.5 Å². The Hall–Kier alpha value is -2.53. The number of carbonyl (C=O) groups excluding carboxylic acids is 2. The third-order valence-corrected chi connectivity index (χ3v) is 8.90. The van der Waals surface area contributed by atoms with Crippen LogP contribution in [0.2, 0.25) is 0 Å². The summed E-state index contributed by atoms with van der Waals surface area (Å²) < 4.78 is 26.0. The van der Waals surface area contributed by atoms with Crippen LogP contribution < -0.4 is 0 Å². The molecule has 2 aromatic heterocycles. The zero-order valence-electron chi connectivity index (χ0n) is 20.0. The Labute approximate surface area is 199 Å². The number of hydrogen-bond acceptors (Lipinski definition) is 7. The Balaban J connectivity index is 1.44. The minimum Gasteiger partial charge on any atom is -0.348 e. The van der Waals surface area contributed by atoms with Crippen LogP contribution in [0.15, 0.2) is 6.07 Å². The number of carbonyl (C=O) groups is 2. The molecule has 1 atom stereocenters. The van der Waals surface area contributed by atoms with Crippen LogP contribution >= 0.6 is 0 Å². The number of piperazine rings is 1. The minimum atomic E-state index is -3.08. The number of amides is 2.